The van der Waals surface area contributed by atoms with Gasteiger partial charge in [-0.15, -0.1) is 0 Å². The Balaban J connectivity index is 0.00000461. The van der Waals surface area contributed by atoms with Gasteiger partial charge >= 0.3 is 35.4 Å². The quantitative estimate of drug-likeness (QED) is 0.103. The number of anilines is 1. The molecule has 1 N–H and O–H groups in total. The first kappa shape index (κ1) is 35.2. The molecule has 45 heavy (non-hydrogen) atoms. The minimum absolute atomic E-state index is 0. The number of fused-ring (bicyclic) bond motifs is 2. The Morgan fingerprint density at radius 3 is 2.44 bits per heavy atom. The van der Waals surface area contributed by atoms with Crippen LogP contribution in [0, 0.1) is 0 Å². The maximum absolute atomic E-state index is 11.7. The summed E-state index contributed by atoms with van der Waals surface area (Å²) in [5, 5.41) is 0.504. The van der Waals surface area contributed by atoms with Crippen molar-refractivity contribution in [2.45, 2.75) is 32.7 Å². The minimum atomic E-state index is -4.32. The Labute approximate surface area is 289 Å². The summed E-state index contributed by atoms with van der Waals surface area (Å²) in [6, 6.07) is 20.6. The molecular weight excluding hydrogens is 651 g/mol. The van der Waals surface area contributed by atoms with Gasteiger partial charge in [0, 0.05) is 29.5 Å². The van der Waals surface area contributed by atoms with Crippen molar-refractivity contribution in [3.05, 3.63) is 95.2 Å². The third-order valence-electron chi connectivity index (χ3n) is 7.15. The third-order valence-corrected chi connectivity index (χ3v) is 8.88. The zero-order chi connectivity index (χ0) is 31.5. The van der Waals surface area contributed by atoms with E-state index in [4.69, 9.17) is 20.8 Å². The van der Waals surface area contributed by atoms with E-state index in [0.717, 1.165) is 16.7 Å². The van der Waals surface area contributed by atoms with Crippen molar-refractivity contribution < 1.29 is 69.2 Å². The van der Waals surface area contributed by atoms with Crippen LogP contribution in [-0.2, 0) is 26.8 Å². The van der Waals surface area contributed by atoms with Crippen LogP contribution in [0.1, 0.15) is 32.1 Å². The van der Waals surface area contributed by atoms with Gasteiger partial charge in [-0.1, -0.05) is 54.9 Å². The molecule has 0 amide bonds. The monoisotopic (exact) mass is 681 g/mol. The predicted octanol–water partition coefficient (Wildman–Crippen LogP) is 2.79. The van der Waals surface area contributed by atoms with E-state index < -0.39 is 31.7 Å². The van der Waals surface area contributed by atoms with E-state index >= 15 is 0 Å². The molecule has 2 heterocycles. The fraction of sp³-hybridized carbons (Fsp3) is 0.258. The van der Waals surface area contributed by atoms with Gasteiger partial charge in [-0.2, -0.15) is 13.0 Å². The molecule has 0 bridgehead atoms. The van der Waals surface area contributed by atoms with Crippen LogP contribution in [0.2, 0.25) is 5.02 Å². The first-order valence-electron chi connectivity index (χ1n) is 14.0. The second-order valence-corrected chi connectivity index (χ2v) is 13.8. The topological polar surface area (TPSA) is 141 Å². The van der Waals surface area contributed by atoms with Crippen LogP contribution in [-0.4, -0.2) is 44.0 Å². The number of halogens is 1. The van der Waals surface area contributed by atoms with E-state index in [2.05, 4.69) is 0 Å². The average molecular weight is 682 g/mol. The number of nitrogens with zero attached hydrogens (tertiary/aromatic N) is 2. The van der Waals surface area contributed by atoms with Crippen LogP contribution >= 0.6 is 11.6 Å². The molecule has 1 aromatic heterocycles. The molecule has 5 rings (SSSR count). The summed E-state index contributed by atoms with van der Waals surface area (Å²) in [7, 11) is -8.57. The zero-order valence-electron chi connectivity index (χ0n) is 24.8. The molecule has 0 radical (unpaired) electrons. The summed E-state index contributed by atoms with van der Waals surface area (Å²) in [6.45, 7) is 2.29. The Kier molecular flexibility index (Phi) is 11.6. The third kappa shape index (κ3) is 9.20. The maximum Gasteiger partial charge on any atom is 1.00 e. The Hall–Kier alpha value is -2.68. The van der Waals surface area contributed by atoms with Crippen molar-refractivity contribution in [3.63, 3.8) is 0 Å². The summed E-state index contributed by atoms with van der Waals surface area (Å²) in [6.07, 6.45) is 4.79. The number of oxazole rings is 1. The smallest absolute Gasteiger partial charge is 0.748 e. The van der Waals surface area contributed by atoms with Crippen molar-refractivity contribution in [1.82, 2.24) is 0 Å². The van der Waals surface area contributed by atoms with Gasteiger partial charge < -0.3 is 18.6 Å². The Morgan fingerprint density at radius 2 is 1.76 bits per heavy atom. The Morgan fingerprint density at radius 1 is 1.00 bits per heavy atom. The van der Waals surface area contributed by atoms with Crippen LogP contribution in [0.3, 0.4) is 0 Å². The number of hydrogen-bond donors (Lipinski definition) is 1. The van der Waals surface area contributed by atoms with E-state index in [1.165, 1.54) is 0 Å². The van der Waals surface area contributed by atoms with E-state index in [0.29, 0.717) is 58.7 Å². The van der Waals surface area contributed by atoms with Crippen molar-refractivity contribution in [2.75, 3.05) is 23.0 Å². The molecule has 1 aliphatic rings. The van der Waals surface area contributed by atoms with Gasteiger partial charge in [-0.3, -0.25) is 4.55 Å². The van der Waals surface area contributed by atoms with E-state index in [9.17, 15) is 25.9 Å². The molecule has 1 aliphatic heterocycles. The SMILES string of the molecule is CCC(=C/c1oc2ccc(-c3ccccc3)cc2[n+]1CCS(=O)(=O)O)/C=C1\Oc2ccc(Cl)cc2N1CCCCS(=O)(=O)[O-].[Na+]. The number of allylic oxidation sites excluding steroid dienone is 2. The molecule has 0 saturated heterocycles. The molecule has 3 aromatic carbocycles. The predicted molar refractivity (Wildman–Crippen MR) is 168 cm³/mol. The number of unbranched alkanes of at least 4 members (excludes halogenated alkanes) is 1. The second-order valence-electron chi connectivity index (χ2n) is 10.3. The summed E-state index contributed by atoms with van der Waals surface area (Å²) < 4.78 is 80.3. The number of rotatable bonds is 12. The van der Waals surface area contributed by atoms with Crippen molar-refractivity contribution in [3.8, 4) is 16.9 Å². The molecule has 10 nitrogen and oxygen atoms in total. The molecular formula is C31H31ClN2NaO8S2+. The molecule has 0 aliphatic carbocycles. The van der Waals surface area contributed by atoms with E-state index in [1.54, 1.807) is 28.8 Å². The summed E-state index contributed by atoms with van der Waals surface area (Å²) in [5.41, 5.74) is 4.61. The first-order valence-corrected chi connectivity index (χ1v) is 17.5. The molecule has 0 unspecified atom stereocenters. The number of ether oxygens (including phenoxy) is 1. The van der Waals surface area contributed by atoms with Crippen molar-refractivity contribution >= 4 is 54.7 Å². The molecule has 0 saturated carbocycles. The van der Waals surface area contributed by atoms with Gasteiger partial charge in [0.1, 0.15) is 5.75 Å². The Bertz CT molecular complexity index is 1960. The van der Waals surface area contributed by atoms with E-state index in [1.807, 2.05) is 66.4 Å². The van der Waals surface area contributed by atoms with Gasteiger partial charge in [-0.25, -0.2) is 8.42 Å². The largest absolute Gasteiger partial charge is 1.00 e. The number of aromatic nitrogens is 1. The average Bonchev–Trinajstić information content (AvgIpc) is 3.49. The van der Waals surface area contributed by atoms with Gasteiger partial charge in [0.2, 0.25) is 11.5 Å². The van der Waals surface area contributed by atoms with Gasteiger partial charge in [-0.05, 0) is 60.2 Å². The van der Waals surface area contributed by atoms with E-state index in [-0.39, 0.29) is 42.5 Å². The molecule has 14 heteroatoms. The number of aryl methyl sites for hydroxylation is 1. The minimum Gasteiger partial charge on any atom is -0.748 e. The van der Waals surface area contributed by atoms with Crippen LogP contribution in [0.4, 0.5) is 5.69 Å². The van der Waals surface area contributed by atoms with Crippen molar-refractivity contribution in [2.24, 2.45) is 0 Å². The van der Waals surface area contributed by atoms with Crippen LogP contribution in [0.15, 0.2) is 88.7 Å². The first-order chi connectivity index (χ1) is 20.9. The van der Waals surface area contributed by atoms with Crippen molar-refractivity contribution in [1.29, 1.82) is 0 Å². The molecule has 0 spiro atoms. The summed E-state index contributed by atoms with van der Waals surface area (Å²) in [5.74, 6) is 0.482. The van der Waals surface area contributed by atoms with Crippen LogP contribution < -0.4 is 43.8 Å². The van der Waals surface area contributed by atoms with Crippen LogP contribution in [0.5, 0.6) is 5.75 Å². The van der Waals surface area contributed by atoms with Crippen LogP contribution in [0.25, 0.3) is 28.3 Å². The molecule has 0 fully saturated rings. The van der Waals surface area contributed by atoms with Gasteiger partial charge in [0.05, 0.1) is 21.9 Å². The fourth-order valence-corrected chi connectivity index (χ4v) is 6.12. The maximum atomic E-state index is 11.7. The fourth-order valence-electron chi connectivity index (χ4n) is 4.98. The summed E-state index contributed by atoms with van der Waals surface area (Å²) in [4.78, 5) is 1.87. The second kappa shape index (κ2) is 14.8. The normalized spacial score (nSPS) is 14.4. The van der Waals surface area contributed by atoms with Gasteiger partial charge in [0.15, 0.2) is 12.3 Å². The molecule has 0 atom stereocenters. The zero-order valence-corrected chi connectivity index (χ0v) is 29.2. The molecule has 4 aromatic rings. The van der Waals surface area contributed by atoms with Gasteiger partial charge in [0.25, 0.3) is 15.6 Å². The standard InChI is InChI=1S/C31H31ClN2O8S2.Na/c1-2-22(18-30-33(14-6-7-16-43(35,36)37)27-21-25(32)11-13-29(27)42-30)19-31-34(15-17-44(38,39)40)26-20-24(10-12-28(26)41-31)23-8-4-3-5-9-23;/h3-5,8-13,18-21H,2,6-7,14-17H2,1H3,(H-,35,36,37,38,39,40);/q;+1. The number of hydrogen-bond acceptors (Lipinski definition) is 8. The summed E-state index contributed by atoms with van der Waals surface area (Å²) >= 11 is 6.26. The molecule has 232 valence electrons. The number of benzene rings is 3.